The summed E-state index contributed by atoms with van der Waals surface area (Å²) in [6.07, 6.45) is -0.131. The minimum atomic E-state index is -1.18. The molecule has 1 N–H and O–H groups in total. The zero-order valence-corrected chi connectivity index (χ0v) is 14.5. The van der Waals surface area contributed by atoms with Crippen molar-refractivity contribution in [2.75, 3.05) is 26.1 Å². The fourth-order valence-corrected chi connectivity index (χ4v) is 3.69. The Morgan fingerprint density at radius 2 is 2.04 bits per heavy atom. The van der Waals surface area contributed by atoms with Gasteiger partial charge in [0.2, 0.25) is 0 Å². The third kappa shape index (κ3) is 4.65. The van der Waals surface area contributed by atoms with E-state index in [0.29, 0.717) is 22.3 Å². The normalized spacial score (nSPS) is 18.3. The van der Waals surface area contributed by atoms with Crippen LogP contribution in [-0.2, 0) is 6.42 Å². The van der Waals surface area contributed by atoms with Gasteiger partial charge in [-0.15, -0.1) is 11.8 Å². The van der Waals surface area contributed by atoms with Crippen LogP contribution >= 0.6 is 11.8 Å². The van der Waals surface area contributed by atoms with E-state index in [4.69, 9.17) is 9.47 Å². The van der Waals surface area contributed by atoms with Gasteiger partial charge in [-0.2, -0.15) is 0 Å². The molecule has 0 saturated carbocycles. The standard InChI is InChI=1S/C19H22FNO2S/c1-22-17-4-2-3-15(10-17)19(20)12-23-16-7-5-14(6-8-16)9-18-11-21-13-24-18/h2-8,10,18-19,21H,9,11-13H2,1H3/t18?,19-/m0/s1. The van der Waals surface area contributed by atoms with Crippen LogP contribution < -0.4 is 14.8 Å². The van der Waals surface area contributed by atoms with Gasteiger partial charge in [-0.1, -0.05) is 24.3 Å². The van der Waals surface area contributed by atoms with Gasteiger partial charge in [0.25, 0.3) is 0 Å². The molecule has 3 nitrogen and oxygen atoms in total. The molecule has 1 unspecified atom stereocenters. The third-order valence-corrected chi connectivity index (χ3v) is 5.21. The highest BCUT2D eigenvalue weighted by molar-refractivity contribution is 8.00. The number of thioether (sulfide) groups is 1. The molecule has 1 aliphatic heterocycles. The van der Waals surface area contributed by atoms with Crippen molar-refractivity contribution in [2.24, 2.45) is 0 Å². The van der Waals surface area contributed by atoms with Gasteiger partial charge in [0.1, 0.15) is 18.1 Å². The molecule has 2 aromatic rings. The second-order valence-electron chi connectivity index (χ2n) is 5.79. The van der Waals surface area contributed by atoms with E-state index in [9.17, 15) is 4.39 Å². The number of ether oxygens (including phenoxy) is 2. The molecule has 24 heavy (non-hydrogen) atoms. The van der Waals surface area contributed by atoms with E-state index in [-0.39, 0.29) is 6.61 Å². The van der Waals surface area contributed by atoms with E-state index >= 15 is 0 Å². The van der Waals surface area contributed by atoms with E-state index in [0.717, 1.165) is 18.8 Å². The summed E-state index contributed by atoms with van der Waals surface area (Å²) in [6.45, 7) is 1.06. The molecule has 1 saturated heterocycles. The van der Waals surface area contributed by atoms with E-state index in [2.05, 4.69) is 17.4 Å². The maximum Gasteiger partial charge on any atom is 0.159 e. The molecule has 0 spiro atoms. The lowest BCUT2D eigenvalue weighted by molar-refractivity contribution is 0.197. The number of rotatable bonds is 7. The first-order valence-electron chi connectivity index (χ1n) is 8.06. The Labute approximate surface area is 146 Å². The number of halogens is 1. The van der Waals surface area contributed by atoms with Gasteiger partial charge in [-0.3, -0.25) is 0 Å². The molecule has 5 heteroatoms. The van der Waals surface area contributed by atoms with Crippen LogP contribution in [0.3, 0.4) is 0 Å². The third-order valence-electron chi connectivity index (χ3n) is 4.03. The average molecular weight is 347 g/mol. The highest BCUT2D eigenvalue weighted by Crippen LogP contribution is 2.24. The molecule has 0 aliphatic carbocycles. The first-order chi connectivity index (χ1) is 11.7. The molecule has 0 radical (unpaired) electrons. The number of hydrogen-bond donors (Lipinski definition) is 1. The van der Waals surface area contributed by atoms with Crippen LogP contribution in [0.25, 0.3) is 0 Å². The van der Waals surface area contributed by atoms with Crippen molar-refractivity contribution in [3.8, 4) is 11.5 Å². The van der Waals surface area contributed by atoms with Crippen LogP contribution in [0, 0.1) is 0 Å². The Morgan fingerprint density at radius 1 is 1.21 bits per heavy atom. The highest BCUT2D eigenvalue weighted by Gasteiger charge is 2.15. The van der Waals surface area contributed by atoms with E-state index in [1.165, 1.54) is 5.56 Å². The summed E-state index contributed by atoms with van der Waals surface area (Å²) < 4.78 is 25.0. The van der Waals surface area contributed by atoms with Crippen molar-refractivity contribution in [2.45, 2.75) is 17.8 Å². The van der Waals surface area contributed by atoms with E-state index in [1.807, 2.05) is 23.9 Å². The summed E-state index contributed by atoms with van der Waals surface area (Å²) in [7, 11) is 1.57. The molecular formula is C19H22FNO2S. The van der Waals surface area contributed by atoms with Crippen molar-refractivity contribution in [1.29, 1.82) is 0 Å². The maximum absolute atomic E-state index is 14.3. The SMILES string of the molecule is COc1cccc([C@@H](F)COc2ccc(CC3CNCS3)cc2)c1. The van der Waals surface area contributed by atoms with E-state index in [1.54, 1.807) is 31.4 Å². The lowest BCUT2D eigenvalue weighted by Gasteiger charge is -2.13. The minimum Gasteiger partial charge on any atom is -0.497 e. The summed E-state index contributed by atoms with van der Waals surface area (Å²) >= 11 is 1.95. The number of alkyl halides is 1. The Kier molecular flexibility index (Phi) is 5.99. The number of methoxy groups -OCH3 is 1. The zero-order valence-electron chi connectivity index (χ0n) is 13.7. The Morgan fingerprint density at radius 3 is 2.75 bits per heavy atom. The zero-order chi connectivity index (χ0) is 16.8. The van der Waals surface area contributed by atoms with Crippen LogP contribution in [0.4, 0.5) is 4.39 Å². The van der Waals surface area contributed by atoms with Gasteiger partial charge in [-0.25, -0.2) is 4.39 Å². The van der Waals surface area contributed by atoms with Crippen LogP contribution in [0.2, 0.25) is 0 Å². The lowest BCUT2D eigenvalue weighted by atomic mass is 10.1. The molecule has 3 rings (SSSR count). The first kappa shape index (κ1) is 17.1. The van der Waals surface area contributed by atoms with Crippen molar-refractivity contribution in [1.82, 2.24) is 5.32 Å². The molecule has 1 fully saturated rings. The molecule has 0 bridgehead atoms. The van der Waals surface area contributed by atoms with Gasteiger partial charge in [0, 0.05) is 17.7 Å². The van der Waals surface area contributed by atoms with Gasteiger partial charge in [-0.05, 0) is 41.8 Å². The molecule has 2 atom stereocenters. The maximum atomic E-state index is 14.3. The Hall–Kier alpha value is -1.72. The Bertz CT molecular complexity index is 644. The average Bonchev–Trinajstić information content (AvgIpc) is 3.14. The van der Waals surface area contributed by atoms with Crippen LogP contribution in [0.5, 0.6) is 11.5 Å². The summed E-state index contributed by atoms with van der Waals surface area (Å²) in [5.41, 5.74) is 1.85. The molecule has 0 aromatic heterocycles. The monoisotopic (exact) mass is 347 g/mol. The van der Waals surface area contributed by atoms with Crippen molar-refractivity contribution >= 4 is 11.8 Å². The van der Waals surface area contributed by atoms with Crippen molar-refractivity contribution < 1.29 is 13.9 Å². The van der Waals surface area contributed by atoms with Gasteiger partial charge < -0.3 is 14.8 Å². The fraction of sp³-hybridized carbons (Fsp3) is 0.368. The lowest BCUT2D eigenvalue weighted by Crippen LogP contribution is -2.14. The highest BCUT2D eigenvalue weighted by atomic mass is 32.2. The molecule has 0 amide bonds. The molecule has 2 aromatic carbocycles. The molecular weight excluding hydrogens is 325 g/mol. The van der Waals surface area contributed by atoms with Crippen LogP contribution in [-0.4, -0.2) is 31.4 Å². The van der Waals surface area contributed by atoms with Crippen LogP contribution in [0.1, 0.15) is 17.3 Å². The fourth-order valence-electron chi connectivity index (χ4n) is 2.67. The number of hydrogen-bond acceptors (Lipinski definition) is 4. The van der Waals surface area contributed by atoms with Crippen molar-refractivity contribution in [3.05, 3.63) is 59.7 Å². The quantitative estimate of drug-likeness (QED) is 0.820. The van der Waals surface area contributed by atoms with E-state index < -0.39 is 6.17 Å². The second kappa shape index (κ2) is 8.40. The summed E-state index contributed by atoms with van der Waals surface area (Å²) in [5.74, 6) is 2.38. The second-order valence-corrected chi connectivity index (χ2v) is 7.08. The largest absolute Gasteiger partial charge is 0.497 e. The van der Waals surface area contributed by atoms with Crippen LogP contribution in [0.15, 0.2) is 48.5 Å². The Balaban J connectivity index is 1.52. The minimum absolute atomic E-state index is 0.00505. The molecule has 128 valence electrons. The predicted molar refractivity (Wildman–Crippen MR) is 96.7 cm³/mol. The summed E-state index contributed by atoms with van der Waals surface area (Å²) in [6, 6.07) is 15.0. The number of nitrogens with one attached hydrogen (secondary N) is 1. The summed E-state index contributed by atoms with van der Waals surface area (Å²) in [5, 5.41) is 3.99. The molecule has 1 aliphatic rings. The number of benzene rings is 2. The topological polar surface area (TPSA) is 30.5 Å². The first-order valence-corrected chi connectivity index (χ1v) is 9.11. The van der Waals surface area contributed by atoms with Gasteiger partial charge in [0.15, 0.2) is 6.17 Å². The van der Waals surface area contributed by atoms with Gasteiger partial charge in [0.05, 0.1) is 7.11 Å². The summed E-state index contributed by atoms with van der Waals surface area (Å²) in [4.78, 5) is 0. The van der Waals surface area contributed by atoms with Gasteiger partial charge >= 0.3 is 0 Å². The molecule has 1 heterocycles. The van der Waals surface area contributed by atoms with Crippen molar-refractivity contribution in [3.63, 3.8) is 0 Å². The predicted octanol–water partition coefficient (Wildman–Crippen LogP) is 3.99. The smallest absolute Gasteiger partial charge is 0.159 e.